The summed E-state index contributed by atoms with van der Waals surface area (Å²) in [7, 11) is 3.41. The molecule has 2 heterocycles. The molecule has 0 aliphatic carbocycles. The predicted molar refractivity (Wildman–Crippen MR) is 131 cm³/mol. The summed E-state index contributed by atoms with van der Waals surface area (Å²) in [5.74, 6) is 1.37. The van der Waals surface area contributed by atoms with Crippen LogP contribution in [0, 0.1) is 0 Å². The van der Waals surface area contributed by atoms with Gasteiger partial charge < -0.3 is 24.6 Å². The minimum absolute atomic E-state index is 0.240. The van der Waals surface area contributed by atoms with Gasteiger partial charge in [0.25, 0.3) is 10.0 Å². The third-order valence-corrected chi connectivity index (χ3v) is 7.72. The number of piperazine rings is 1. The monoisotopic (exact) mass is 472 g/mol. The molecule has 4 rings (SSSR count). The van der Waals surface area contributed by atoms with E-state index in [2.05, 4.69) is 15.1 Å². The average Bonchev–Trinajstić information content (AvgIpc) is 3.21. The van der Waals surface area contributed by atoms with E-state index < -0.39 is 10.0 Å². The number of benzene rings is 2. The van der Waals surface area contributed by atoms with E-state index in [0.29, 0.717) is 17.0 Å². The van der Waals surface area contributed by atoms with E-state index >= 15 is 0 Å². The summed E-state index contributed by atoms with van der Waals surface area (Å²) < 4.78 is 40.0. The summed E-state index contributed by atoms with van der Waals surface area (Å²) in [5, 5.41) is 4.21. The van der Waals surface area contributed by atoms with Crippen molar-refractivity contribution in [3.63, 3.8) is 0 Å². The lowest BCUT2D eigenvalue weighted by atomic mass is 10.1. The summed E-state index contributed by atoms with van der Waals surface area (Å²) in [6.45, 7) is 4.09. The lowest BCUT2D eigenvalue weighted by Gasteiger charge is -2.30. The molecule has 0 radical (unpaired) electrons. The van der Waals surface area contributed by atoms with Crippen LogP contribution in [0.25, 0.3) is 10.9 Å². The maximum absolute atomic E-state index is 13.8. The van der Waals surface area contributed by atoms with Crippen LogP contribution in [0.2, 0.25) is 0 Å². The highest BCUT2D eigenvalue weighted by Gasteiger charge is 2.25. The molecule has 1 N–H and O–H groups in total. The Morgan fingerprint density at radius 2 is 1.79 bits per heavy atom. The van der Waals surface area contributed by atoms with Gasteiger partial charge in [-0.25, -0.2) is 12.4 Å². The SMILES string of the molecule is COc1ccc2c(c1)c(CCN(C)C)cn2S(=O)(=O)c1ccc(OC)c(N2CCNCC2)c1. The van der Waals surface area contributed by atoms with Crippen LogP contribution in [0.5, 0.6) is 11.5 Å². The van der Waals surface area contributed by atoms with Crippen LogP contribution in [0.3, 0.4) is 0 Å². The number of aromatic nitrogens is 1. The first-order valence-electron chi connectivity index (χ1n) is 11.1. The van der Waals surface area contributed by atoms with E-state index in [1.165, 1.54) is 3.97 Å². The first-order valence-corrected chi connectivity index (χ1v) is 12.5. The Bertz CT molecular complexity index is 1230. The van der Waals surface area contributed by atoms with Gasteiger partial charge in [0, 0.05) is 44.3 Å². The second-order valence-corrected chi connectivity index (χ2v) is 10.3. The molecule has 33 heavy (non-hydrogen) atoms. The molecule has 0 unspecified atom stereocenters. The van der Waals surface area contributed by atoms with Crippen LogP contribution < -0.4 is 19.7 Å². The lowest BCUT2D eigenvalue weighted by molar-refractivity contribution is 0.412. The maximum atomic E-state index is 13.8. The molecule has 3 aromatic rings. The number of hydrogen-bond donors (Lipinski definition) is 1. The molecule has 1 aliphatic heterocycles. The summed E-state index contributed by atoms with van der Waals surface area (Å²) in [6.07, 6.45) is 2.48. The smallest absolute Gasteiger partial charge is 0.268 e. The maximum Gasteiger partial charge on any atom is 0.268 e. The normalized spacial score (nSPS) is 14.8. The highest BCUT2D eigenvalue weighted by Crippen LogP contribution is 2.34. The van der Waals surface area contributed by atoms with Crippen molar-refractivity contribution in [3.8, 4) is 11.5 Å². The second-order valence-electron chi connectivity index (χ2n) is 8.46. The zero-order chi connectivity index (χ0) is 23.6. The van der Waals surface area contributed by atoms with Crippen molar-refractivity contribution in [1.29, 1.82) is 0 Å². The summed E-state index contributed by atoms with van der Waals surface area (Å²) >= 11 is 0. The Labute approximate surface area is 195 Å². The van der Waals surface area contributed by atoms with Gasteiger partial charge in [-0.1, -0.05) is 0 Å². The Balaban J connectivity index is 1.82. The zero-order valence-electron chi connectivity index (χ0n) is 19.7. The van der Waals surface area contributed by atoms with Crippen molar-refractivity contribution < 1.29 is 17.9 Å². The van der Waals surface area contributed by atoms with E-state index in [4.69, 9.17) is 9.47 Å². The number of likely N-dealkylation sites (N-methyl/N-ethyl adjacent to an activating group) is 1. The van der Waals surface area contributed by atoms with E-state index in [0.717, 1.165) is 55.8 Å². The third-order valence-electron chi connectivity index (χ3n) is 6.05. The topological polar surface area (TPSA) is 76.0 Å². The lowest BCUT2D eigenvalue weighted by Crippen LogP contribution is -2.43. The van der Waals surface area contributed by atoms with Crippen LogP contribution in [0.15, 0.2) is 47.5 Å². The Hall–Kier alpha value is -2.75. The van der Waals surface area contributed by atoms with Gasteiger partial charge in [0.15, 0.2) is 0 Å². The number of rotatable bonds is 8. The molecular formula is C24H32N4O4S. The summed E-state index contributed by atoms with van der Waals surface area (Å²) in [4.78, 5) is 4.49. The summed E-state index contributed by atoms with van der Waals surface area (Å²) in [6, 6.07) is 10.6. The van der Waals surface area contributed by atoms with Gasteiger partial charge >= 0.3 is 0 Å². The fourth-order valence-electron chi connectivity index (χ4n) is 4.21. The van der Waals surface area contributed by atoms with Crippen LogP contribution in [-0.2, 0) is 16.4 Å². The van der Waals surface area contributed by atoms with Gasteiger partial charge in [-0.3, -0.25) is 0 Å². The molecule has 9 heteroatoms. The molecule has 1 saturated heterocycles. The molecule has 0 atom stereocenters. The standard InChI is InChI=1S/C24H32N4O4S/c1-26(2)12-9-18-17-28(22-7-5-19(31-3)15-21(18)22)33(29,30)20-6-8-24(32-4)23(16-20)27-13-10-25-11-14-27/h5-8,15-17,25H,9-14H2,1-4H3. The fourth-order valence-corrected chi connectivity index (χ4v) is 5.62. The Kier molecular flexibility index (Phi) is 6.83. The number of anilines is 1. The van der Waals surface area contributed by atoms with Crippen molar-refractivity contribution in [2.24, 2.45) is 0 Å². The van der Waals surface area contributed by atoms with E-state index in [-0.39, 0.29) is 4.90 Å². The largest absolute Gasteiger partial charge is 0.497 e. The fraction of sp³-hybridized carbons (Fsp3) is 0.417. The van der Waals surface area contributed by atoms with Gasteiger partial charge in [0.1, 0.15) is 11.5 Å². The number of hydrogen-bond acceptors (Lipinski definition) is 7. The summed E-state index contributed by atoms with van der Waals surface area (Å²) in [5.41, 5.74) is 2.41. The highest BCUT2D eigenvalue weighted by atomic mass is 32.2. The van der Waals surface area contributed by atoms with Crippen molar-refractivity contribution in [3.05, 3.63) is 48.2 Å². The van der Waals surface area contributed by atoms with E-state index in [1.807, 2.05) is 26.2 Å². The molecule has 1 aliphatic rings. The minimum atomic E-state index is -3.82. The molecule has 1 aromatic heterocycles. The van der Waals surface area contributed by atoms with Gasteiger partial charge in [-0.05, 0) is 62.5 Å². The number of ether oxygens (including phenoxy) is 2. The molecule has 0 spiro atoms. The minimum Gasteiger partial charge on any atom is -0.497 e. The number of nitrogens with zero attached hydrogens (tertiary/aromatic N) is 3. The first kappa shape index (κ1) is 23.4. The van der Waals surface area contributed by atoms with Gasteiger partial charge in [0.2, 0.25) is 0 Å². The first-order chi connectivity index (χ1) is 15.8. The number of methoxy groups -OCH3 is 2. The molecule has 178 valence electrons. The molecule has 0 bridgehead atoms. The van der Waals surface area contributed by atoms with Gasteiger partial charge in [0.05, 0.1) is 30.3 Å². The molecule has 1 fully saturated rings. The van der Waals surface area contributed by atoms with Crippen LogP contribution in [0.4, 0.5) is 5.69 Å². The quantitative estimate of drug-likeness (QED) is 0.540. The highest BCUT2D eigenvalue weighted by molar-refractivity contribution is 7.90. The molecular weight excluding hydrogens is 440 g/mol. The van der Waals surface area contributed by atoms with Crippen LogP contribution in [0.1, 0.15) is 5.56 Å². The molecule has 0 amide bonds. The Morgan fingerprint density at radius 3 is 2.45 bits per heavy atom. The van der Waals surface area contributed by atoms with Gasteiger partial charge in [-0.15, -0.1) is 0 Å². The molecule has 0 saturated carbocycles. The zero-order valence-corrected chi connectivity index (χ0v) is 20.5. The number of fused-ring (bicyclic) bond motifs is 1. The van der Waals surface area contributed by atoms with E-state index in [9.17, 15) is 8.42 Å². The third kappa shape index (κ3) is 4.66. The molecule has 2 aromatic carbocycles. The molecule has 8 nitrogen and oxygen atoms in total. The Morgan fingerprint density at radius 1 is 1.03 bits per heavy atom. The average molecular weight is 473 g/mol. The van der Waals surface area contributed by atoms with Crippen LogP contribution >= 0.6 is 0 Å². The number of nitrogens with one attached hydrogen (secondary N) is 1. The van der Waals surface area contributed by atoms with E-state index in [1.54, 1.807) is 44.7 Å². The van der Waals surface area contributed by atoms with Crippen molar-refractivity contribution in [2.75, 3.05) is 65.9 Å². The predicted octanol–water partition coefficient (Wildman–Crippen LogP) is 2.41. The second kappa shape index (κ2) is 9.62. The van der Waals surface area contributed by atoms with Crippen LogP contribution in [-0.4, -0.2) is 78.3 Å². The van der Waals surface area contributed by atoms with Crippen molar-refractivity contribution >= 4 is 26.6 Å². The van der Waals surface area contributed by atoms with Crippen molar-refractivity contribution in [1.82, 2.24) is 14.2 Å². The van der Waals surface area contributed by atoms with Gasteiger partial charge in [-0.2, -0.15) is 0 Å². The van der Waals surface area contributed by atoms with Crippen molar-refractivity contribution in [2.45, 2.75) is 11.3 Å².